The molecule has 3 fully saturated rings. The topological polar surface area (TPSA) is 300 Å². The summed E-state index contributed by atoms with van der Waals surface area (Å²) in [5, 5.41) is 74.3. The van der Waals surface area contributed by atoms with E-state index in [4.69, 9.17) is 34.0 Å². The van der Waals surface area contributed by atoms with Crippen molar-refractivity contribution in [1.82, 2.24) is 25.1 Å². The third kappa shape index (κ3) is 13.6. The van der Waals surface area contributed by atoms with Gasteiger partial charge >= 0.3 is 5.97 Å². The molecule has 8 N–H and O–H groups in total. The first kappa shape index (κ1) is 56.0. The number of tetrazole rings is 1. The molecule has 3 saturated heterocycles. The van der Waals surface area contributed by atoms with Crippen LogP contribution in [0.2, 0.25) is 0 Å². The zero-order valence-corrected chi connectivity index (χ0v) is 41.3. The molecule has 0 aliphatic carbocycles. The first-order valence-electron chi connectivity index (χ1n) is 23.3. The molecule has 0 amide bonds. The number of hydrogen-bond acceptors (Lipinski definition) is 19. The van der Waals surface area contributed by atoms with Gasteiger partial charge in [0.1, 0.15) is 29.7 Å². The second kappa shape index (κ2) is 23.8. The Balaban J connectivity index is 0.00000318. The number of carbonyl (C=O) groups is 2. The molecule has 0 radical (unpaired) electrons. The van der Waals surface area contributed by atoms with Crippen molar-refractivity contribution in [3.8, 4) is 0 Å². The molecule has 3 aliphatic rings. The number of aliphatic hydroxyl groups is 5. The SMILES string of the molecule is CC[C@H]1OC(=O)[C@H](C)[C@@H](O[C@H]2C[C@@](C)(OC)[C@@H](O)[C@H](C)O2)[C@H](C)[C@@H](O[C@@H]2O[C@H](C)C[C@H](N(C)Cc3nnn(CCc4ccccc4)n3)[C@H]2O)[C@](C)(O)C[C@@H](C)C(=O)[C@H](C)[C@@H](O)[C@]1(C)O.N=NN. The number of carbonyl (C=O) groups excluding carboxylic acids is 2. The number of nitrogens with two attached hydrogens (primary N) is 1. The normalized spacial score (nSPS) is 40.3. The molecule has 1 aromatic carbocycles. The molecule has 0 saturated carbocycles. The van der Waals surface area contributed by atoms with Crippen LogP contribution in [0.3, 0.4) is 0 Å². The van der Waals surface area contributed by atoms with Crippen LogP contribution >= 0.6 is 0 Å². The summed E-state index contributed by atoms with van der Waals surface area (Å²) in [5.41, 5.74) is 1.78. The molecule has 0 bridgehead atoms. The number of esters is 1. The van der Waals surface area contributed by atoms with E-state index in [-0.39, 0.29) is 25.8 Å². The van der Waals surface area contributed by atoms with Gasteiger partial charge in [-0.3, -0.25) is 14.5 Å². The lowest BCUT2D eigenvalue weighted by Gasteiger charge is -2.49. The minimum atomic E-state index is -2.03. The van der Waals surface area contributed by atoms with Gasteiger partial charge in [0.2, 0.25) is 0 Å². The van der Waals surface area contributed by atoms with Crippen LogP contribution in [0.5, 0.6) is 0 Å². The second-order valence-electron chi connectivity index (χ2n) is 19.6. The molecular formula is C46H78N8O13. The van der Waals surface area contributed by atoms with Crippen LogP contribution in [-0.2, 0) is 57.5 Å². The minimum Gasteiger partial charge on any atom is -0.459 e. The maximum Gasteiger partial charge on any atom is 0.311 e. The number of aryl methyl sites for hydroxylation is 2. The Morgan fingerprint density at radius 3 is 2.22 bits per heavy atom. The van der Waals surface area contributed by atoms with Gasteiger partial charge in [0.25, 0.3) is 0 Å². The molecule has 21 heteroatoms. The van der Waals surface area contributed by atoms with Gasteiger partial charge in [-0.1, -0.05) is 63.3 Å². The van der Waals surface area contributed by atoms with Crippen molar-refractivity contribution in [2.45, 2.75) is 199 Å². The van der Waals surface area contributed by atoms with E-state index in [0.717, 1.165) is 12.0 Å². The van der Waals surface area contributed by atoms with Crippen LogP contribution in [-0.4, -0.2) is 161 Å². The number of aromatic nitrogens is 4. The smallest absolute Gasteiger partial charge is 0.311 e. The van der Waals surface area contributed by atoms with Gasteiger partial charge in [-0.15, -0.1) is 10.2 Å². The highest BCUT2D eigenvalue weighted by atomic mass is 16.7. The summed E-state index contributed by atoms with van der Waals surface area (Å²) in [4.78, 5) is 31.8. The highest BCUT2D eigenvalue weighted by Crippen LogP contribution is 2.41. The summed E-state index contributed by atoms with van der Waals surface area (Å²) in [7, 11) is 3.32. The molecule has 0 spiro atoms. The van der Waals surface area contributed by atoms with E-state index in [1.165, 1.54) is 27.9 Å². The molecule has 21 nitrogen and oxygen atoms in total. The number of nitrogens with zero attached hydrogens (tertiary/aromatic N) is 6. The largest absolute Gasteiger partial charge is 0.459 e. The minimum absolute atomic E-state index is 0.0649. The number of benzene rings is 1. The second-order valence-corrected chi connectivity index (χ2v) is 19.6. The van der Waals surface area contributed by atoms with E-state index in [0.29, 0.717) is 18.8 Å². The monoisotopic (exact) mass is 951 g/mol. The van der Waals surface area contributed by atoms with E-state index in [9.17, 15) is 35.1 Å². The highest BCUT2D eigenvalue weighted by molar-refractivity contribution is 5.83. The maximum absolute atomic E-state index is 14.3. The number of aliphatic hydroxyl groups excluding tert-OH is 3. The maximum atomic E-state index is 14.3. The van der Waals surface area contributed by atoms with Crippen molar-refractivity contribution in [1.29, 1.82) is 5.53 Å². The van der Waals surface area contributed by atoms with Crippen LogP contribution in [0.1, 0.15) is 106 Å². The molecule has 1 aromatic heterocycles. The van der Waals surface area contributed by atoms with Crippen molar-refractivity contribution in [2.75, 3.05) is 14.2 Å². The lowest BCUT2D eigenvalue weighted by molar-refractivity contribution is -0.318. The Morgan fingerprint density at radius 1 is 0.970 bits per heavy atom. The first-order chi connectivity index (χ1) is 31.3. The molecule has 3 aliphatic heterocycles. The number of likely N-dealkylation sites (N-methyl/N-ethyl adjacent to an activating group) is 1. The van der Waals surface area contributed by atoms with E-state index in [2.05, 4.69) is 26.5 Å². The van der Waals surface area contributed by atoms with Crippen molar-refractivity contribution in [2.24, 2.45) is 34.7 Å². The van der Waals surface area contributed by atoms with Crippen LogP contribution in [0.25, 0.3) is 0 Å². The quantitative estimate of drug-likeness (QED) is 0.0696. The summed E-state index contributed by atoms with van der Waals surface area (Å²) >= 11 is 0. The Bertz CT molecular complexity index is 1880. The van der Waals surface area contributed by atoms with E-state index in [1.807, 2.05) is 49.2 Å². The average molecular weight is 951 g/mol. The number of ketones is 1. The number of hydrogen-bond donors (Lipinski definition) is 7. The number of cyclic esters (lactones) is 1. The van der Waals surface area contributed by atoms with Gasteiger partial charge < -0.3 is 59.8 Å². The summed E-state index contributed by atoms with van der Waals surface area (Å²) < 4.78 is 37.7. The molecule has 0 unspecified atom stereocenters. The molecule has 4 heterocycles. The lowest BCUT2D eigenvalue weighted by Crippen LogP contribution is -2.61. The van der Waals surface area contributed by atoms with Crippen LogP contribution in [0, 0.1) is 29.2 Å². The van der Waals surface area contributed by atoms with Crippen molar-refractivity contribution in [3.63, 3.8) is 0 Å². The average Bonchev–Trinajstić information content (AvgIpc) is 3.73. The predicted molar refractivity (Wildman–Crippen MR) is 241 cm³/mol. The van der Waals surface area contributed by atoms with Crippen molar-refractivity contribution in [3.05, 3.63) is 41.7 Å². The molecule has 2 aromatic rings. The Morgan fingerprint density at radius 2 is 1.61 bits per heavy atom. The number of nitrogens with one attached hydrogen (secondary N) is 1. The van der Waals surface area contributed by atoms with Gasteiger partial charge in [0.05, 0.1) is 60.7 Å². The van der Waals surface area contributed by atoms with Crippen LogP contribution in [0.15, 0.2) is 35.6 Å². The highest BCUT2D eigenvalue weighted by Gasteiger charge is 2.53. The standard InChI is InChI=1S/C46H75N5O13.H3N3/c1-13-33-46(10,58)39(54)27(4)36(52)25(2)22-44(8,57)41(28(5)38(29(6)42(56)62-33)63-35-23-45(9,59-12)40(55)30(7)61-35)64-43-37(53)32(21-26(3)60-43)50(11)24-34-47-49-51(48-34)20-19-31-17-15-14-16-18-31;1-3-2/h14-18,25-30,32-33,35,37-41,43,53-55,57-58H,13,19-24H2,1-12H3;(H3,1,2)/t25-,26-,27+,28+,29-,30+,32+,33-,35+,37-,38+,39-,40+,41-,43+,44-,45-,46-;/m1./s1. The van der Waals surface area contributed by atoms with Crippen LogP contribution < -0.4 is 5.84 Å². The Labute approximate surface area is 394 Å². The zero-order chi connectivity index (χ0) is 50.2. The molecule has 18 atom stereocenters. The number of rotatable bonds is 12. The van der Waals surface area contributed by atoms with Gasteiger partial charge in [-0.25, -0.2) is 0 Å². The molecule has 5 rings (SSSR count). The number of Topliss-reactive ketones (excluding diaryl/α,β-unsaturated/α-hetero) is 1. The van der Waals surface area contributed by atoms with E-state index < -0.39 is 120 Å². The summed E-state index contributed by atoms with van der Waals surface area (Å²) in [6.07, 6.45) is -9.89. The van der Waals surface area contributed by atoms with Crippen molar-refractivity contribution < 1.29 is 63.5 Å². The van der Waals surface area contributed by atoms with Crippen LogP contribution in [0.4, 0.5) is 0 Å². The predicted octanol–water partition coefficient (Wildman–Crippen LogP) is 2.48. The Hall–Kier alpha value is -3.61. The van der Waals surface area contributed by atoms with Gasteiger partial charge in [-0.05, 0) is 85.1 Å². The summed E-state index contributed by atoms with van der Waals surface area (Å²) in [6, 6.07) is 9.48. The fourth-order valence-electron chi connectivity index (χ4n) is 9.98. The fraction of sp³-hybridized carbons (Fsp3) is 0.804. The fourth-order valence-corrected chi connectivity index (χ4v) is 9.98. The lowest BCUT2D eigenvalue weighted by atomic mass is 9.74. The number of methoxy groups -OCH3 is 1. The third-order valence-corrected chi connectivity index (χ3v) is 14.1. The molecule has 67 heavy (non-hydrogen) atoms. The first-order valence-corrected chi connectivity index (χ1v) is 23.3. The third-order valence-electron chi connectivity index (χ3n) is 14.1. The summed E-state index contributed by atoms with van der Waals surface area (Å²) in [6.45, 7) is 17.1. The Kier molecular flexibility index (Phi) is 19.9. The van der Waals surface area contributed by atoms with Gasteiger partial charge in [0, 0.05) is 37.3 Å². The number of ether oxygens (including phenoxy) is 6. The van der Waals surface area contributed by atoms with E-state index in [1.54, 1.807) is 46.3 Å². The van der Waals surface area contributed by atoms with Gasteiger partial charge in [-0.2, -0.15) is 10.3 Å². The molecule has 380 valence electrons. The van der Waals surface area contributed by atoms with Gasteiger partial charge in [0.15, 0.2) is 18.4 Å². The zero-order valence-electron chi connectivity index (χ0n) is 41.3. The van der Waals surface area contributed by atoms with E-state index >= 15 is 0 Å². The van der Waals surface area contributed by atoms with Crippen molar-refractivity contribution >= 4 is 11.8 Å². The summed E-state index contributed by atoms with van der Waals surface area (Å²) in [5.74, 6) is -0.622. The molecular weight excluding hydrogens is 873 g/mol.